The summed E-state index contributed by atoms with van der Waals surface area (Å²) in [6.07, 6.45) is 0.287. The van der Waals surface area contributed by atoms with Crippen LogP contribution in [-0.4, -0.2) is 23.7 Å². The third-order valence-corrected chi connectivity index (χ3v) is 2.05. The lowest BCUT2D eigenvalue weighted by atomic mass is 10.0. The molecule has 0 aliphatic heterocycles. The molecule has 1 aromatic carbocycles. The standard InChI is InChI=1S/C10H13FN2O2.ClH/c11-7-2-1-6(3-8(12)5-14)9(4-7)10(13)15;/h1-2,4,8,14H,3,5,12H2,(H2,13,15);1H. The lowest BCUT2D eigenvalue weighted by Gasteiger charge is -2.10. The number of benzene rings is 1. The number of nitrogens with two attached hydrogens (primary N) is 2. The van der Waals surface area contributed by atoms with Crippen LogP contribution in [0.4, 0.5) is 4.39 Å². The van der Waals surface area contributed by atoms with Gasteiger partial charge in [0.2, 0.25) is 5.91 Å². The van der Waals surface area contributed by atoms with Crippen LogP contribution < -0.4 is 11.5 Å². The van der Waals surface area contributed by atoms with Gasteiger partial charge in [0.25, 0.3) is 0 Å². The molecule has 0 aliphatic rings. The summed E-state index contributed by atoms with van der Waals surface area (Å²) in [7, 11) is 0. The number of carbonyl (C=O) groups is 1. The van der Waals surface area contributed by atoms with Crippen LogP contribution in [0.3, 0.4) is 0 Å². The van der Waals surface area contributed by atoms with Crippen LogP contribution in [0.2, 0.25) is 0 Å². The zero-order valence-corrected chi connectivity index (χ0v) is 9.34. The van der Waals surface area contributed by atoms with Crippen molar-refractivity contribution in [1.82, 2.24) is 0 Å². The number of hydrogen-bond donors (Lipinski definition) is 3. The van der Waals surface area contributed by atoms with Crippen LogP contribution in [-0.2, 0) is 6.42 Å². The van der Waals surface area contributed by atoms with Gasteiger partial charge >= 0.3 is 0 Å². The van der Waals surface area contributed by atoms with Gasteiger partial charge < -0.3 is 16.6 Å². The van der Waals surface area contributed by atoms with Gasteiger partial charge in [-0.2, -0.15) is 0 Å². The minimum Gasteiger partial charge on any atom is -0.395 e. The highest BCUT2D eigenvalue weighted by molar-refractivity contribution is 5.94. The van der Waals surface area contributed by atoms with Crippen LogP contribution in [0.1, 0.15) is 15.9 Å². The van der Waals surface area contributed by atoms with E-state index in [0.29, 0.717) is 5.56 Å². The van der Waals surface area contributed by atoms with E-state index in [1.807, 2.05) is 0 Å². The van der Waals surface area contributed by atoms with E-state index < -0.39 is 17.8 Å². The molecule has 1 rings (SSSR count). The Morgan fingerprint density at radius 2 is 2.12 bits per heavy atom. The first-order chi connectivity index (χ1) is 7.04. The van der Waals surface area contributed by atoms with E-state index in [-0.39, 0.29) is 31.0 Å². The highest BCUT2D eigenvalue weighted by Gasteiger charge is 2.12. The fourth-order valence-electron chi connectivity index (χ4n) is 1.30. The average molecular weight is 249 g/mol. The minimum absolute atomic E-state index is 0. The van der Waals surface area contributed by atoms with Crippen molar-refractivity contribution in [3.63, 3.8) is 0 Å². The van der Waals surface area contributed by atoms with Crippen LogP contribution in [0.25, 0.3) is 0 Å². The van der Waals surface area contributed by atoms with Gasteiger partial charge in [-0.1, -0.05) is 6.07 Å². The molecular formula is C10H14ClFN2O2. The summed E-state index contributed by atoms with van der Waals surface area (Å²) in [6.45, 7) is -0.199. The highest BCUT2D eigenvalue weighted by Crippen LogP contribution is 2.12. The van der Waals surface area contributed by atoms with Crippen molar-refractivity contribution in [2.75, 3.05) is 6.61 Å². The molecule has 0 radical (unpaired) electrons. The van der Waals surface area contributed by atoms with Crippen LogP contribution in [0, 0.1) is 5.82 Å². The molecule has 0 spiro atoms. The normalized spacial score (nSPS) is 11.7. The van der Waals surface area contributed by atoms with Crippen LogP contribution >= 0.6 is 12.4 Å². The number of amides is 1. The van der Waals surface area contributed by atoms with Gasteiger partial charge in [0.1, 0.15) is 5.82 Å². The number of rotatable bonds is 4. The summed E-state index contributed by atoms with van der Waals surface area (Å²) in [5, 5.41) is 8.76. The van der Waals surface area contributed by atoms with Crippen molar-refractivity contribution in [3.05, 3.63) is 35.1 Å². The molecule has 0 heterocycles. The first-order valence-electron chi connectivity index (χ1n) is 4.49. The first kappa shape index (κ1) is 14.8. The van der Waals surface area contributed by atoms with E-state index in [1.165, 1.54) is 12.1 Å². The number of primary amides is 1. The lowest BCUT2D eigenvalue weighted by Crippen LogP contribution is -2.28. The van der Waals surface area contributed by atoms with Crippen molar-refractivity contribution in [2.24, 2.45) is 11.5 Å². The highest BCUT2D eigenvalue weighted by atomic mass is 35.5. The third kappa shape index (κ3) is 3.77. The van der Waals surface area contributed by atoms with Gasteiger partial charge in [0.15, 0.2) is 0 Å². The molecule has 0 fully saturated rings. The second-order valence-corrected chi connectivity index (χ2v) is 3.31. The number of halogens is 2. The maximum Gasteiger partial charge on any atom is 0.249 e. The van der Waals surface area contributed by atoms with E-state index in [4.69, 9.17) is 16.6 Å². The fraction of sp³-hybridized carbons (Fsp3) is 0.300. The molecule has 1 atom stereocenters. The summed E-state index contributed by atoms with van der Waals surface area (Å²) in [5.74, 6) is -1.22. The summed E-state index contributed by atoms with van der Waals surface area (Å²) in [4.78, 5) is 11.0. The maximum absolute atomic E-state index is 12.8. The van der Waals surface area contributed by atoms with Gasteiger partial charge in [-0.05, 0) is 24.1 Å². The second-order valence-electron chi connectivity index (χ2n) is 3.31. The van der Waals surface area contributed by atoms with Crippen LogP contribution in [0.5, 0.6) is 0 Å². The molecule has 4 nitrogen and oxygen atoms in total. The zero-order valence-electron chi connectivity index (χ0n) is 8.52. The topological polar surface area (TPSA) is 89.3 Å². The Labute approximate surface area is 98.8 Å². The molecule has 5 N–H and O–H groups in total. The van der Waals surface area contributed by atoms with Crippen molar-refractivity contribution in [3.8, 4) is 0 Å². The van der Waals surface area contributed by atoms with E-state index in [0.717, 1.165) is 6.07 Å². The molecule has 0 aliphatic carbocycles. The zero-order chi connectivity index (χ0) is 11.4. The molecule has 16 heavy (non-hydrogen) atoms. The Morgan fingerprint density at radius 1 is 1.50 bits per heavy atom. The predicted octanol–water partition coefficient (Wildman–Crippen LogP) is 0.209. The van der Waals surface area contributed by atoms with Crippen molar-refractivity contribution in [2.45, 2.75) is 12.5 Å². The lowest BCUT2D eigenvalue weighted by molar-refractivity contribution is 0.0998. The van der Waals surface area contributed by atoms with E-state index in [1.54, 1.807) is 0 Å². The molecule has 0 saturated heterocycles. The molecular weight excluding hydrogens is 235 g/mol. The first-order valence-corrected chi connectivity index (χ1v) is 4.49. The van der Waals surface area contributed by atoms with Gasteiger partial charge in [0, 0.05) is 11.6 Å². The van der Waals surface area contributed by atoms with Crippen molar-refractivity contribution in [1.29, 1.82) is 0 Å². The number of aliphatic hydroxyl groups excluding tert-OH is 1. The Hall–Kier alpha value is -1.17. The molecule has 0 bridgehead atoms. The molecule has 1 unspecified atom stereocenters. The molecule has 1 amide bonds. The van der Waals surface area contributed by atoms with Crippen LogP contribution in [0.15, 0.2) is 18.2 Å². The third-order valence-electron chi connectivity index (χ3n) is 2.05. The SMILES string of the molecule is Cl.NC(=O)c1cc(F)ccc1CC(N)CO. The summed E-state index contributed by atoms with van der Waals surface area (Å²) in [6, 6.07) is 3.27. The van der Waals surface area contributed by atoms with Gasteiger partial charge in [0.05, 0.1) is 6.61 Å². The minimum atomic E-state index is -0.699. The number of aliphatic hydroxyl groups is 1. The smallest absolute Gasteiger partial charge is 0.249 e. The van der Waals surface area contributed by atoms with Gasteiger partial charge in [-0.25, -0.2) is 4.39 Å². The molecule has 90 valence electrons. The summed E-state index contributed by atoms with van der Waals surface area (Å²) >= 11 is 0. The van der Waals surface area contributed by atoms with E-state index >= 15 is 0 Å². The Balaban J connectivity index is 0.00000225. The predicted molar refractivity (Wildman–Crippen MR) is 60.9 cm³/mol. The summed E-state index contributed by atoms with van der Waals surface area (Å²) in [5.41, 5.74) is 11.3. The number of hydrogen-bond acceptors (Lipinski definition) is 3. The van der Waals surface area contributed by atoms with E-state index in [2.05, 4.69) is 0 Å². The summed E-state index contributed by atoms with van der Waals surface area (Å²) < 4.78 is 12.8. The average Bonchev–Trinajstić information content (AvgIpc) is 2.20. The molecule has 0 aromatic heterocycles. The van der Waals surface area contributed by atoms with Gasteiger partial charge in [-0.3, -0.25) is 4.79 Å². The largest absolute Gasteiger partial charge is 0.395 e. The molecule has 6 heteroatoms. The Bertz CT molecular complexity index is 374. The molecule has 1 aromatic rings. The monoisotopic (exact) mass is 248 g/mol. The molecule has 0 saturated carbocycles. The Morgan fingerprint density at radius 3 is 2.62 bits per heavy atom. The van der Waals surface area contributed by atoms with E-state index in [9.17, 15) is 9.18 Å². The maximum atomic E-state index is 12.8. The fourth-order valence-corrected chi connectivity index (χ4v) is 1.30. The van der Waals surface area contributed by atoms with Crippen molar-refractivity contribution >= 4 is 18.3 Å². The second kappa shape index (κ2) is 6.42. The quantitative estimate of drug-likeness (QED) is 0.712. The Kier molecular flexibility index (Phi) is 5.95. The number of carbonyl (C=O) groups excluding carboxylic acids is 1. The van der Waals surface area contributed by atoms with Gasteiger partial charge in [-0.15, -0.1) is 12.4 Å². The van der Waals surface area contributed by atoms with Crippen molar-refractivity contribution < 1.29 is 14.3 Å².